The summed E-state index contributed by atoms with van der Waals surface area (Å²) in [5.74, 6) is 1.70. The highest BCUT2D eigenvalue weighted by atomic mass is 79.9. The average molecular weight is 188 g/mol. The molecular formula is C6H6BrNO. The van der Waals surface area contributed by atoms with Gasteiger partial charge in [-0.1, -0.05) is 5.16 Å². The molecule has 0 bridgehead atoms. The van der Waals surface area contributed by atoms with Crippen LogP contribution in [-0.4, -0.2) is 5.16 Å². The summed E-state index contributed by atoms with van der Waals surface area (Å²) < 4.78 is 5.80. The van der Waals surface area contributed by atoms with Crippen LogP contribution in [0.1, 0.15) is 24.5 Å². The summed E-state index contributed by atoms with van der Waals surface area (Å²) in [7, 11) is 0. The van der Waals surface area contributed by atoms with Crippen molar-refractivity contribution in [3.8, 4) is 0 Å². The maximum atomic E-state index is 4.99. The van der Waals surface area contributed by atoms with Crippen LogP contribution in [0.5, 0.6) is 0 Å². The third kappa shape index (κ3) is 1.01. The Balaban J connectivity index is 2.28. The monoisotopic (exact) mass is 187 g/mol. The third-order valence-electron chi connectivity index (χ3n) is 1.48. The van der Waals surface area contributed by atoms with Crippen LogP contribution < -0.4 is 0 Å². The van der Waals surface area contributed by atoms with Crippen molar-refractivity contribution in [3.63, 3.8) is 0 Å². The minimum absolute atomic E-state index is 0.670. The molecule has 1 aliphatic carbocycles. The van der Waals surface area contributed by atoms with Crippen LogP contribution >= 0.6 is 15.9 Å². The standard InChI is InChI=1S/C6H6BrNO/c7-6-3-5(9-8-6)4-1-2-4/h3-4H,1-2H2. The molecule has 0 atom stereocenters. The van der Waals surface area contributed by atoms with Gasteiger partial charge in [-0.15, -0.1) is 0 Å². The van der Waals surface area contributed by atoms with Gasteiger partial charge in [0.15, 0.2) is 0 Å². The lowest BCUT2D eigenvalue weighted by Crippen LogP contribution is -1.67. The van der Waals surface area contributed by atoms with Crippen LogP contribution in [0.15, 0.2) is 15.2 Å². The molecule has 2 rings (SSSR count). The molecule has 1 heterocycles. The van der Waals surface area contributed by atoms with E-state index in [0.717, 1.165) is 10.4 Å². The van der Waals surface area contributed by atoms with Gasteiger partial charge >= 0.3 is 0 Å². The molecule has 1 aromatic heterocycles. The zero-order chi connectivity index (χ0) is 6.27. The molecule has 0 spiro atoms. The molecular weight excluding hydrogens is 182 g/mol. The number of nitrogens with zero attached hydrogens (tertiary/aromatic N) is 1. The van der Waals surface area contributed by atoms with E-state index in [1.54, 1.807) is 0 Å². The molecule has 0 aliphatic heterocycles. The normalized spacial score (nSPS) is 18.3. The first-order chi connectivity index (χ1) is 4.36. The van der Waals surface area contributed by atoms with Crippen molar-refractivity contribution in [1.82, 2.24) is 5.16 Å². The molecule has 1 aromatic rings. The number of halogens is 1. The molecule has 48 valence electrons. The Kier molecular flexibility index (Phi) is 1.12. The Hall–Kier alpha value is -0.310. The molecule has 1 saturated carbocycles. The minimum atomic E-state index is 0.670. The van der Waals surface area contributed by atoms with Gasteiger partial charge in [-0.3, -0.25) is 0 Å². The molecule has 9 heavy (non-hydrogen) atoms. The van der Waals surface area contributed by atoms with Gasteiger partial charge in [0.1, 0.15) is 10.4 Å². The number of aromatic nitrogens is 1. The van der Waals surface area contributed by atoms with E-state index < -0.39 is 0 Å². The van der Waals surface area contributed by atoms with Crippen molar-refractivity contribution >= 4 is 15.9 Å². The second-order valence-corrected chi connectivity index (χ2v) is 3.14. The van der Waals surface area contributed by atoms with Crippen LogP contribution in [0, 0.1) is 0 Å². The molecule has 0 saturated heterocycles. The Morgan fingerprint density at radius 2 is 2.44 bits per heavy atom. The highest BCUT2D eigenvalue weighted by Crippen LogP contribution is 2.40. The quantitative estimate of drug-likeness (QED) is 0.675. The SMILES string of the molecule is Brc1cc(C2CC2)on1. The Labute approximate surface area is 61.4 Å². The number of hydrogen-bond donors (Lipinski definition) is 0. The van der Waals surface area contributed by atoms with Crippen molar-refractivity contribution in [1.29, 1.82) is 0 Å². The van der Waals surface area contributed by atoms with E-state index in [9.17, 15) is 0 Å². The van der Waals surface area contributed by atoms with E-state index in [4.69, 9.17) is 4.52 Å². The lowest BCUT2D eigenvalue weighted by Gasteiger charge is -1.79. The fraction of sp³-hybridized carbons (Fsp3) is 0.500. The first-order valence-electron chi connectivity index (χ1n) is 2.98. The molecule has 1 fully saturated rings. The highest BCUT2D eigenvalue weighted by molar-refractivity contribution is 9.10. The zero-order valence-electron chi connectivity index (χ0n) is 4.80. The van der Waals surface area contributed by atoms with Crippen molar-refractivity contribution in [2.24, 2.45) is 0 Å². The topological polar surface area (TPSA) is 26.0 Å². The van der Waals surface area contributed by atoms with E-state index in [1.165, 1.54) is 12.8 Å². The second kappa shape index (κ2) is 1.84. The van der Waals surface area contributed by atoms with E-state index >= 15 is 0 Å². The number of rotatable bonds is 1. The fourth-order valence-corrected chi connectivity index (χ4v) is 1.12. The lowest BCUT2D eigenvalue weighted by atomic mass is 10.3. The zero-order valence-corrected chi connectivity index (χ0v) is 6.39. The molecule has 0 N–H and O–H groups in total. The van der Waals surface area contributed by atoms with Gasteiger partial charge in [0.2, 0.25) is 0 Å². The van der Waals surface area contributed by atoms with Crippen LogP contribution in [0.3, 0.4) is 0 Å². The first-order valence-corrected chi connectivity index (χ1v) is 3.77. The molecule has 0 aromatic carbocycles. The van der Waals surface area contributed by atoms with Crippen LogP contribution in [0.25, 0.3) is 0 Å². The number of hydrogen-bond acceptors (Lipinski definition) is 2. The summed E-state index contributed by atoms with van der Waals surface area (Å²) >= 11 is 3.22. The predicted molar refractivity (Wildman–Crippen MR) is 36.2 cm³/mol. The largest absolute Gasteiger partial charge is 0.360 e. The smallest absolute Gasteiger partial charge is 0.149 e. The van der Waals surface area contributed by atoms with Gasteiger partial charge in [0.05, 0.1) is 0 Å². The maximum Gasteiger partial charge on any atom is 0.149 e. The molecule has 0 unspecified atom stereocenters. The van der Waals surface area contributed by atoms with Gasteiger partial charge in [-0.2, -0.15) is 0 Å². The van der Waals surface area contributed by atoms with Gasteiger partial charge in [0.25, 0.3) is 0 Å². The second-order valence-electron chi connectivity index (χ2n) is 2.33. The summed E-state index contributed by atoms with van der Waals surface area (Å²) in [6, 6.07) is 1.94. The van der Waals surface area contributed by atoms with Crippen molar-refractivity contribution in [2.75, 3.05) is 0 Å². The Bertz CT molecular complexity index is 217. The molecule has 0 radical (unpaired) electrons. The van der Waals surface area contributed by atoms with Crippen LogP contribution in [0.2, 0.25) is 0 Å². The molecule has 1 aliphatic rings. The van der Waals surface area contributed by atoms with Crippen molar-refractivity contribution < 1.29 is 4.52 Å². The lowest BCUT2D eigenvalue weighted by molar-refractivity contribution is 0.381. The summed E-state index contributed by atoms with van der Waals surface area (Å²) in [4.78, 5) is 0. The van der Waals surface area contributed by atoms with E-state index in [0.29, 0.717) is 5.92 Å². The summed E-state index contributed by atoms with van der Waals surface area (Å²) in [5, 5.41) is 3.72. The Morgan fingerprint density at radius 3 is 2.89 bits per heavy atom. The summed E-state index contributed by atoms with van der Waals surface area (Å²) in [6.07, 6.45) is 2.53. The van der Waals surface area contributed by atoms with Gasteiger partial charge in [0, 0.05) is 12.0 Å². The third-order valence-corrected chi connectivity index (χ3v) is 1.85. The van der Waals surface area contributed by atoms with Gasteiger partial charge in [-0.05, 0) is 28.8 Å². The van der Waals surface area contributed by atoms with Crippen LogP contribution in [0.4, 0.5) is 0 Å². The van der Waals surface area contributed by atoms with Crippen molar-refractivity contribution in [3.05, 3.63) is 16.4 Å². The predicted octanol–water partition coefficient (Wildman–Crippen LogP) is 2.31. The van der Waals surface area contributed by atoms with Gasteiger partial charge in [-0.25, -0.2) is 0 Å². The highest BCUT2D eigenvalue weighted by Gasteiger charge is 2.27. The first kappa shape index (κ1) is 5.47. The van der Waals surface area contributed by atoms with E-state index in [-0.39, 0.29) is 0 Å². The summed E-state index contributed by atoms with van der Waals surface area (Å²) in [5.41, 5.74) is 0. The summed E-state index contributed by atoms with van der Waals surface area (Å²) in [6.45, 7) is 0. The maximum absolute atomic E-state index is 4.99. The van der Waals surface area contributed by atoms with Gasteiger partial charge < -0.3 is 4.52 Å². The molecule has 0 amide bonds. The minimum Gasteiger partial charge on any atom is -0.360 e. The van der Waals surface area contributed by atoms with E-state index in [1.807, 2.05) is 6.07 Å². The van der Waals surface area contributed by atoms with Crippen LogP contribution in [-0.2, 0) is 0 Å². The fourth-order valence-electron chi connectivity index (χ4n) is 0.827. The molecule has 3 heteroatoms. The van der Waals surface area contributed by atoms with E-state index in [2.05, 4.69) is 21.1 Å². The van der Waals surface area contributed by atoms with Crippen molar-refractivity contribution in [2.45, 2.75) is 18.8 Å². The average Bonchev–Trinajstić information content (AvgIpc) is 2.58. The Morgan fingerprint density at radius 1 is 1.67 bits per heavy atom. The molecule has 2 nitrogen and oxygen atoms in total.